The van der Waals surface area contributed by atoms with Crippen LogP contribution in [0.25, 0.3) is 0 Å². The highest BCUT2D eigenvalue weighted by molar-refractivity contribution is 7.89. The summed E-state index contributed by atoms with van der Waals surface area (Å²) in [7, 11) is -3.53. The molecule has 32 heavy (non-hydrogen) atoms. The molecule has 0 atom stereocenters. The first-order valence-corrected chi connectivity index (χ1v) is 12.7. The second-order valence-electron chi connectivity index (χ2n) is 8.50. The summed E-state index contributed by atoms with van der Waals surface area (Å²) in [6.45, 7) is 3.74. The Hall–Kier alpha value is -2.26. The Morgan fingerprint density at radius 2 is 1.59 bits per heavy atom. The van der Waals surface area contributed by atoms with Crippen molar-refractivity contribution in [3.63, 3.8) is 0 Å². The number of nitrogens with one attached hydrogen (secondary N) is 1. The summed E-state index contributed by atoms with van der Waals surface area (Å²) < 4.78 is 32.1. The molecule has 0 aromatic heterocycles. The van der Waals surface area contributed by atoms with Crippen LogP contribution >= 0.6 is 0 Å². The molecule has 0 saturated carbocycles. The molecule has 0 bridgehead atoms. The lowest BCUT2D eigenvalue weighted by atomic mass is 9.90. The van der Waals surface area contributed by atoms with E-state index in [1.54, 1.807) is 24.3 Å². The van der Waals surface area contributed by atoms with E-state index in [1.807, 2.05) is 6.07 Å². The van der Waals surface area contributed by atoms with Crippen LogP contribution in [0.3, 0.4) is 0 Å². The van der Waals surface area contributed by atoms with E-state index in [-0.39, 0.29) is 10.8 Å². The van der Waals surface area contributed by atoms with Crippen LogP contribution in [0.4, 0.5) is 5.69 Å². The number of hydrogen-bond acceptors (Lipinski definition) is 5. The molecule has 0 radical (unpaired) electrons. The number of piperidine rings is 1. The van der Waals surface area contributed by atoms with Gasteiger partial charge in [-0.15, -0.1) is 0 Å². The van der Waals surface area contributed by atoms with Gasteiger partial charge >= 0.3 is 0 Å². The summed E-state index contributed by atoms with van der Waals surface area (Å²) in [5, 5.41) is 2.89. The Bertz CT molecular complexity index is 982. The lowest BCUT2D eigenvalue weighted by molar-refractivity contribution is -0.117. The number of anilines is 1. The number of amides is 1. The van der Waals surface area contributed by atoms with Gasteiger partial charge in [0.05, 0.1) is 24.7 Å². The van der Waals surface area contributed by atoms with Gasteiger partial charge in [-0.25, -0.2) is 8.42 Å². The molecule has 1 N–H and O–H groups in total. The predicted molar refractivity (Wildman–Crippen MR) is 124 cm³/mol. The molecule has 2 fully saturated rings. The van der Waals surface area contributed by atoms with Crippen LogP contribution in [0.2, 0.25) is 0 Å². The normalized spacial score (nSPS) is 19.0. The highest BCUT2D eigenvalue weighted by Crippen LogP contribution is 2.22. The predicted octanol–water partition coefficient (Wildman–Crippen LogP) is 2.60. The number of rotatable bonds is 7. The second kappa shape index (κ2) is 10.6. The first-order chi connectivity index (χ1) is 15.5. The third kappa shape index (κ3) is 5.95. The summed E-state index contributed by atoms with van der Waals surface area (Å²) in [6, 6.07) is 17.0. The smallest absolute Gasteiger partial charge is 0.243 e. The van der Waals surface area contributed by atoms with Crippen molar-refractivity contribution in [2.24, 2.45) is 5.92 Å². The number of carbonyl (C=O) groups is 1. The molecular weight excluding hydrogens is 426 g/mol. The van der Waals surface area contributed by atoms with Gasteiger partial charge in [-0.2, -0.15) is 4.31 Å². The third-order valence-corrected chi connectivity index (χ3v) is 8.10. The summed E-state index contributed by atoms with van der Waals surface area (Å²) in [4.78, 5) is 14.9. The number of morpholine rings is 1. The average Bonchev–Trinajstić information content (AvgIpc) is 2.82. The molecule has 2 aliphatic rings. The zero-order chi connectivity index (χ0) is 22.4. The number of sulfonamides is 1. The molecule has 2 saturated heterocycles. The minimum atomic E-state index is -3.53. The van der Waals surface area contributed by atoms with Gasteiger partial charge < -0.3 is 10.1 Å². The van der Waals surface area contributed by atoms with Crippen LogP contribution in [-0.2, 0) is 26.0 Å². The van der Waals surface area contributed by atoms with E-state index < -0.39 is 10.0 Å². The molecule has 172 valence electrons. The molecule has 7 nitrogen and oxygen atoms in total. The van der Waals surface area contributed by atoms with Crippen molar-refractivity contribution in [3.8, 4) is 0 Å². The van der Waals surface area contributed by atoms with E-state index in [4.69, 9.17) is 4.74 Å². The summed E-state index contributed by atoms with van der Waals surface area (Å²) in [5.74, 6) is 0.591. The van der Waals surface area contributed by atoms with Crippen LogP contribution in [0.15, 0.2) is 59.5 Å². The molecule has 2 aromatic rings. The Kier molecular flexibility index (Phi) is 7.57. The van der Waals surface area contributed by atoms with Gasteiger partial charge in [0.2, 0.25) is 15.9 Å². The number of carbonyl (C=O) groups excluding carboxylic acids is 1. The zero-order valence-corrected chi connectivity index (χ0v) is 19.1. The van der Waals surface area contributed by atoms with Gasteiger partial charge in [-0.05, 0) is 68.1 Å². The molecule has 4 rings (SSSR count). The lowest BCUT2D eigenvalue weighted by Gasteiger charge is -2.31. The highest BCUT2D eigenvalue weighted by atomic mass is 32.2. The van der Waals surface area contributed by atoms with Crippen LogP contribution in [0.1, 0.15) is 18.4 Å². The van der Waals surface area contributed by atoms with E-state index in [2.05, 4.69) is 34.5 Å². The number of hydrogen-bond donors (Lipinski definition) is 1. The summed E-state index contributed by atoms with van der Waals surface area (Å²) in [6.07, 6.45) is 3.28. The molecule has 8 heteroatoms. The van der Waals surface area contributed by atoms with Crippen molar-refractivity contribution >= 4 is 21.6 Å². The standard InChI is InChI=1S/C24H31N3O4S/c28-24(19-26-12-10-21(11-13-26)18-20-4-2-1-3-5-20)25-22-6-8-23(9-7-22)32(29,30)27-14-16-31-17-15-27/h1-9,21H,10-19H2,(H,25,28). The molecule has 2 aromatic carbocycles. The monoisotopic (exact) mass is 457 g/mol. The van der Waals surface area contributed by atoms with E-state index >= 15 is 0 Å². The summed E-state index contributed by atoms with van der Waals surface area (Å²) >= 11 is 0. The third-order valence-electron chi connectivity index (χ3n) is 6.19. The van der Waals surface area contributed by atoms with Crippen LogP contribution in [-0.4, -0.2) is 69.5 Å². The lowest BCUT2D eigenvalue weighted by Crippen LogP contribution is -2.40. The SMILES string of the molecule is O=C(CN1CCC(Cc2ccccc2)CC1)Nc1ccc(S(=O)(=O)N2CCOCC2)cc1. The van der Waals surface area contributed by atoms with Crippen LogP contribution in [0.5, 0.6) is 0 Å². The number of benzene rings is 2. The highest BCUT2D eigenvalue weighted by Gasteiger charge is 2.26. The van der Waals surface area contributed by atoms with Crippen molar-refractivity contribution in [2.45, 2.75) is 24.2 Å². The van der Waals surface area contributed by atoms with Crippen molar-refractivity contribution in [2.75, 3.05) is 51.3 Å². The first kappa shape index (κ1) is 22.9. The van der Waals surface area contributed by atoms with E-state index in [1.165, 1.54) is 9.87 Å². The van der Waals surface area contributed by atoms with Crippen LogP contribution < -0.4 is 5.32 Å². The van der Waals surface area contributed by atoms with Crippen LogP contribution in [0, 0.1) is 5.92 Å². The quantitative estimate of drug-likeness (QED) is 0.692. The number of nitrogens with zero attached hydrogens (tertiary/aromatic N) is 2. The van der Waals surface area contributed by atoms with Gasteiger partial charge in [-0.3, -0.25) is 9.69 Å². The van der Waals surface area contributed by atoms with Crippen molar-refractivity contribution < 1.29 is 17.9 Å². The maximum Gasteiger partial charge on any atom is 0.243 e. The van der Waals surface area contributed by atoms with Crippen molar-refractivity contribution in [1.82, 2.24) is 9.21 Å². The maximum absolute atomic E-state index is 12.7. The molecule has 0 spiro atoms. The Morgan fingerprint density at radius 3 is 2.25 bits per heavy atom. The number of ether oxygens (including phenoxy) is 1. The fourth-order valence-corrected chi connectivity index (χ4v) is 5.75. The maximum atomic E-state index is 12.7. The molecule has 1 amide bonds. The molecule has 0 aliphatic carbocycles. The van der Waals surface area contributed by atoms with Gasteiger partial charge in [0.15, 0.2) is 0 Å². The minimum Gasteiger partial charge on any atom is -0.379 e. The largest absolute Gasteiger partial charge is 0.379 e. The van der Waals surface area contributed by atoms with Crippen molar-refractivity contribution in [3.05, 3.63) is 60.2 Å². The fourth-order valence-electron chi connectivity index (χ4n) is 4.35. The van der Waals surface area contributed by atoms with Gasteiger partial charge in [0.25, 0.3) is 0 Å². The Labute approximate surface area is 190 Å². The minimum absolute atomic E-state index is 0.0738. The average molecular weight is 458 g/mol. The van der Waals surface area contributed by atoms with E-state index in [0.29, 0.717) is 44.5 Å². The van der Waals surface area contributed by atoms with E-state index in [9.17, 15) is 13.2 Å². The fraction of sp³-hybridized carbons (Fsp3) is 0.458. The topological polar surface area (TPSA) is 79.0 Å². The van der Waals surface area contributed by atoms with Gasteiger partial charge in [0, 0.05) is 18.8 Å². The Morgan fingerprint density at radius 1 is 0.938 bits per heavy atom. The molecular formula is C24H31N3O4S. The molecule has 2 heterocycles. The molecule has 0 unspecified atom stereocenters. The summed E-state index contributed by atoms with van der Waals surface area (Å²) in [5.41, 5.74) is 1.98. The van der Waals surface area contributed by atoms with Crippen molar-refractivity contribution in [1.29, 1.82) is 0 Å². The second-order valence-corrected chi connectivity index (χ2v) is 10.4. The first-order valence-electron chi connectivity index (χ1n) is 11.2. The number of likely N-dealkylation sites (tertiary alicyclic amines) is 1. The van der Waals surface area contributed by atoms with Gasteiger partial charge in [-0.1, -0.05) is 30.3 Å². The molecule has 2 aliphatic heterocycles. The Balaban J connectivity index is 1.24. The van der Waals surface area contributed by atoms with Gasteiger partial charge in [0.1, 0.15) is 0 Å². The van der Waals surface area contributed by atoms with E-state index in [0.717, 1.165) is 32.4 Å². The zero-order valence-electron chi connectivity index (χ0n) is 18.3.